The van der Waals surface area contributed by atoms with Crippen molar-refractivity contribution in [1.82, 2.24) is 0 Å². The molecule has 1 aliphatic heterocycles. The average Bonchev–Trinajstić information content (AvgIpc) is 2.88. The van der Waals surface area contributed by atoms with E-state index in [1.54, 1.807) is 12.1 Å². The highest BCUT2D eigenvalue weighted by Crippen LogP contribution is 2.41. The van der Waals surface area contributed by atoms with Gasteiger partial charge < -0.3 is 39.4 Å². The van der Waals surface area contributed by atoms with E-state index in [0.29, 0.717) is 11.5 Å². The molecule has 0 saturated carbocycles. The Hall–Kier alpha value is -3.21. The van der Waals surface area contributed by atoms with Gasteiger partial charge in [0.1, 0.15) is 31.5 Å². The molecule has 2 aromatic carbocycles. The molecule has 1 aliphatic rings. The summed E-state index contributed by atoms with van der Waals surface area (Å²) in [7, 11) is 4.93. The second-order valence-electron chi connectivity index (χ2n) is 8.30. The summed E-state index contributed by atoms with van der Waals surface area (Å²) in [5.41, 5.74) is 2.92. The third-order valence-corrected chi connectivity index (χ3v) is 6.09. The normalized spacial score (nSPS) is 24.6. The van der Waals surface area contributed by atoms with E-state index in [2.05, 4.69) is 16.7 Å². The fraction of sp³-hybridized carbons (Fsp3) is 0.346. The quantitative estimate of drug-likeness (QED) is 0.367. The Balaban J connectivity index is 1.65. The van der Waals surface area contributed by atoms with Crippen LogP contribution < -0.4 is 18.8 Å². The third kappa shape index (κ3) is 4.95. The Bertz CT molecular complexity index is 1190. The monoisotopic (exact) mass is 484 g/mol. The molecular formula is C26H30NO8+. The van der Waals surface area contributed by atoms with E-state index in [-0.39, 0.29) is 5.75 Å². The van der Waals surface area contributed by atoms with Crippen LogP contribution in [-0.4, -0.2) is 72.0 Å². The molecule has 0 amide bonds. The smallest absolute Gasteiger partial charge is 0.229 e. The van der Waals surface area contributed by atoms with Gasteiger partial charge in [-0.15, -0.1) is 0 Å². The molecule has 3 aromatic rings. The van der Waals surface area contributed by atoms with Crippen molar-refractivity contribution in [2.45, 2.75) is 30.7 Å². The number of para-hydroxylation sites is 1. The number of aryl methyl sites for hydroxylation is 1. The summed E-state index contributed by atoms with van der Waals surface area (Å²) in [4.78, 5) is 0. The zero-order valence-corrected chi connectivity index (χ0v) is 19.7. The number of aliphatic hydroxyl groups is 4. The SMILES string of the molecule is COc1cc(/C=C/c2cc[n+](C)c3ccccc23)cc(OC)c1O[C@@H]1O[C@H](CO)[C@H](O)[C@H](O)[C@H]1O. The van der Waals surface area contributed by atoms with Crippen LogP contribution in [-0.2, 0) is 11.8 Å². The number of aliphatic hydroxyl groups excluding tert-OH is 4. The summed E-state index contributed by atoms with van der Waals surface area (Å²) in [6, 6.07) is 13.6. The number of rotatable bonds is 7. The molecule has 0 unspecified atom stereocenters. The van der Waals surface area contributed by atoms with Crippen LogP contribution in [0.25, 0.3) is 23.1 Å². The molecule has 5 atom stereocenters. The Labute approximate surface area is 203 Å². The number of fused-ring (bicyclic) bond motifs is 1. The number of pyridine rings is 1. The van der Waals surface area contributed by atoms with Crippen LogP contribution in [0, 0.1) is 0 Å². The van der Waals surface area contributed by atoms with Crippen molar-refractivity contribution in [1.29, 1.82) is 0 Å². The van der Waals surface area contributed by atoms with Gasteiger partial charge in [-0.2, -0.15) is 0 Å². The standard InChI is InChI=1S/C26H30NO8/c1-27-11-10-16(17-6-4-5-7-18(17)27)9-8-15-12-19(32-2)25(20(13-15)33-3)35-26-24(31)23(30)22(29)21(14-28)34-26/h4-13,21-24,26,28-31H,14H2,1-3H3/q+1/b9-8+/t21-,22+,23+,24-,26+/m1/s1. The van der Waals surface area contributed by atoms with E-state index >= 15 is 0 Å². The summed E-state index contributed by atoms with van der Waals surface area (Å²) in [5.74, 6) is 0.768. The van der Waals surface area contributed by atoms with Crippen molar-refractivity contribution in [3.63, 3.8) is 0 Å². The summed E-state index contributed by atoms with van der Waals surface area (Å²) in [6.07, 6.45) is -1.16. The fourth-order valence-corrected chi connectivity index (χ4v) is 4.11. The Kier molecular flexibility index (Phi) is 7.54. The van der Waals surface area contributed by atoms with Gasteiger partial charge in [-0.05, 0) is 29.3 Å². The van der Waals surface area contributed by atoms with Gasteiger partial charge in [-0.3, -0.25) is 0 Å². The van der Waals surface area contributed by atoms with E-state index in [1.165, 1.54) is 14.2 Å². The first-order chi connectivity index (χ1) is 16.9. The van der Waals surface area contributed by atoms with Crippen molar-refractivity contribution in [2.24, 2.45) is 7.05 Å². The molecule has 0 aliphatic carbocycles. The highest BCUT2D eigenvalue weighted by Gasteiger charge is 2.45. The van der Waals surface area contributed by atoms with E-state index in [4.69, 9.17) is 18.9 Å². The topological polar surface area (TPSA) is 122 Å². The van der Waals surface area contributed by atoms with Crippen LogP contribution in [0.5, 0.6) is 17.2 Å². The van der Waals surface area contributed by atoms with Gasteiger partial charge in [0.05, 0.1) is 26.2 Å². The zero-order valence-electron chi connectivity index (χ0n) is 19.7. The molecule has 35 heavy (non-hydrogen) atoms. The molecule has 0 bridgehead atoms. The van der Waals surface area contributed by atoms with Crippen molar-refractivity contribution in [3.8, 4) is 17.2 Å². The second-order valence-corrected chi connectivity index (χ2v) is 8.30. The first-order valence-corrected chi connectivity index (χ1v) is 11.2. The number of aromatic nitrogens is 1. The van der Waals surface area contributed by atoms with Gasteiger partial charge in [0.2, 0.25) is 17.6 Å². The molecule has 4 N–H and O–H groups in total. The molecule has 4 rings (SSSR count). The highest BCUT2D eigenvalue weighted by molar-refractivity contribution is 5.89. The highest BCUT2D eigenvalue weighted by atomic mass is 16.7. The van der Waals surface area contributed by atoms with Gasteiger partial charge in [0.15, 0.2) is 17.7 Å². The molecule has 0 radical (unpaired) electrons. The predicted octanol–water partition coefficient (Wildman–Crippen LogP) is 1.03. The summed E-state index contributed by atoms with van der Waals surface area (Å²) >= 11 is 0. The van der Waals surface area contributed by atoms with Crippen LogP contribution in [0.4, 0.5) is 0 Å². The van der Waals surface area contributed by atoms with Crippen molar-refractivity contribution in [3.05, 3.63) is 59.8 Å². The Morgan fingerprint density at radius 3 is 2.29 bits per heavy atom. The van der Waals surface area contributed by atoms with E-state index < -0.39 is 37.3 Å². The maximum atomic E-state index is 10.3. The first kappa shape index (κ1) is 24.9. The maximum Gasteiger partial charge on any atom is 0.229 e. The first-order valence-electron chi connectivity index (χ1n) is 11.2. The van der Waals surface area contributed by atoms with Gasteiger partial charge in [-0.1, -0.05) is 24.3 Å². The lowest BCUT2D eigenvalue weighted by Gasteiger charge is -2.39. The summed E-state index contributed by atoms with van der Waals surface area (Å²) in [6.45, 7) is -0.561. The number of hydrogen-bond donors (Lipinski definition) is 4. The van der Waals surface area contributed by atoms with Crippen LogP contribution >= 0.6 is 0 Å². The van der Waals surface area contributed by atoms with Crippen LogP contribution in [0.2, 0.25) is 0 Å². The van der Waals surface area contributed by atoms with Crippen LogP contribution in [0.1, 0.15) is 11.1 Å². The molecule has 1 saturated heterocycles. The lowest BCUT2D eigenvalue weighted by molar-refractivity contribution is -0.644. The van der Waals surface area contributed by atoms with Gasteiger partial charge in [0.25, 0.3) is 0 Å². The molecule has 1 aromatic heterocycles. The number of hydrogen-bond acceptors (Lipinski definition) is 8. The van der Waals surface area contributed by atoms with Crippen molar-refractivity contribution >= 4 is 23.1 Å². The maximum absolute atomic E-state index is 10.3. The third-order valence-electron chi connectivity index (χ3n) is 6.09. The largest absolute Gasteiger partial charge is 0.493 e. The number of ether oxygens (including phenoxy) is 4. The molecule has 186 valence electrons. The number of methoxy groups -OCH3 is 2. The van der Waals surface area contributed by atoms with Crippen LogP contribution in [0.15, 0.2) is 48.7 Å². The Morgan fingerprint density at radius 2 is 1.63 bits per heavy atom. The lowest BCUT2D eigenvalue weighted by atomic mass is 9.99. The van der Waals surface area contributed by atoms with Gasteiger partial charge >= 0.3 is 0 Å². The second kappa shape index (κ2) is 10.6. The number of nitrogens with zero attached hydrogens (tertiary/aromatic N) is 1. The molecule has 2 heterocycles. The predicted molar refractivity (Wildman–Crippen MR) is 128 cm³/mol. The molecule has 9 heteroatoms. The van der Waals surface area contributed by atoms with Crippen molar-refractivity contribution in [2.75, 3.05) is 20.8 Å². The molecular weight excluding hydrogens is 454 g/mol. The van der Waals surface area contributed by atoms with Crippen LogP contribution in [0.3, 0.4) is 0 Å². The fourth-order valence-electron chi connectivity index (χ4n) is 4.11. The zero-order chi connectivity index (χ0) is 25.1. The minimum Gasteiger partial charge on any atom is -0.493 e. The average molecular weight is 485 g/mol. The van der Waals surface area contributed by atoms with E-state index in [9.17, 15) is 20.4 Å². The van der Waals surface area contributed by atoms with Gasteiger partial charge in [0, 0.05) is 12.1 Å². The number of benzene rings is 2. The minimum absolute atomic E-state index is 0.147. The summed E-state index contributed by atoms with van der Waals surface area (Å²) < 4.78 is 24.3. The van der Waals surface area contributed by atoms with Gasteiger partial charge in [-0.25, -0.2) is 4.57 Å². The Morgan fingerprint density at radius 1 is 0.943 bits per heavy atom. The summed E-state index contributed by atoms with van der Waals surface area (Å²) in [5, 5.41) is 41.0. The lowest BCUT2D eigenvalue weighted by Crippen LogP contribution is -2.60. The van der Waals surface area contributed by atoms with Crippen molar-refractivity contribution < 1.29 is 43.9 Å². The van der Waals surface area contributed by atoms with E-state index in [1.807, 2.05) is 43.6 Å². The molecule has 0 spiro atoms. The molecule has 1 fully saturated rings. The minimum atomic E-state index is -1.56. The molecule has 9 nitrogen and oxygen atoms in total. The van der Waals surface area contributed by atoms with E-state index in [0.717, 1.165) is 22.0 Å².